The van der Waals surface area contributed by atoms with Crippen LogP contribution in [0.3, 0.4) is 0 Å². The lowest BCUT2D eigenvalue weighted by atomic mass is 10.1. The van der Waals surface area contributed by atoms with Crippen molar-refractivity contribution < 1.29 is 4.79 Å². The summed E-state index contributed by atoms with van der Waals surface area (Å²) in [5.41, 5.74) is 0. The smallest absolute Gasteiger partial charge is 0.188 e. The van der Waals surface area contributed by atoms with Crippen LogP contribution in [-0.4, -0.2) is 10.9 Å². The first-order valence-electron chi connectivity index (χ1n) is 14.0. The van der Waals surface area contributed by atoms with Gasteiger partial charge in [-0.15, -0.1) is 0 Å². The molecule has 0 aromatic carbocycles. The summed E-state index contributed by atoms with van der Waals surface area (Å²) < 4.78 is 0. The number of unbranched alkanes of at least 4 members (excludes halogenated alkanes) is 21. The Hall–Kier alpha value is 0.0200. The highest BCUT2D eigenvalue weighted by molar-refractivity contribution is 8.13. The second-order valence-corrected chi connectivity index (χ2v) is 10.5. The lowest BCUT2D eigenvalue weighted by molar-refractivity contribution is -0.111. The van der Waals surface area contributed by atoms with E-state index >= 15 is 0 Å². The number of carbonyl (C=O) groups is 1. The van der Waals surface area contributed by atoms with E-state index in [1.807, 2.05) is 0 Å². The lowest BCUT2D eigenvalue weighted by Gasteiger charge is -2.04. The molecule has 0 radical (unpaired) electrons. The van der Waals surface area contributed by atoms with E-state index in [9.17, 15) is 4.79 Å². The third-order valence-corrected chi connectivity index (χ3v) is 7.26. The first kappa shape index (κ1) is 30.0. The summed E-state index contributed by atoms with van der Waals surface area (Å²) in [6.07, 6.45) is 32.4. The summed E-state index contributed by atoms with van der Waals surface area (Å²) in [6.45, 7) is 4.57. The van der Waals surface area contributed by atoms with Gasteiger partial charge in [-0.3, -0.25) is 4.79 Å². The van der Waals surface area contributed by atoms with Gasteiger partial charge in [0.2, 0.25) is 0 Å². The van der Waals surface area contributed by atoms with E-state index in [1.165, 1.54) is 141 Å². The quantitative estimate of drug-likeness (QED) is 0.131. The molecular formula is C28H56OS. The third kappa shape index (κ3) is 26.1. The van der Waals surface area contributed by atoms with E-state index in [0.29, 0.717) is 5.12 Å². The minimum atomic E-state index is 0.439. The maximum absolute atomic E-state index is 12.0. The summed E-state index contributed by atoms with van der Waals surface area (Å²) >= 11 is 1.60. The highest BCUT2D eigenvalue weighted by Crippen LogP contribution is 2.16. The molecule has 0 N–H and O–H groups in total. The maximum atomic E-state index is 12.0. The van der Waals surface area contributed by atoms with Crippen LogP contribution in [0.4, 0.5) is 0 Å². The van der Waals surface area contributed by atoms with Gasteiger partial charge in [0.1, 0.15) is 0 Å². The highest BCUT2D eigenvalue weighted by Gasteiger charge is 2.02. The van der Waals surface area contributed by atoms with Gasteiger partial charge < -0.3 is 0 Å². The molecule has 0 bridgehead atoms. The van der Waals surface area contributed by atoms with Crippen LogP contribution in [0.5, 0.6) is 0 Å². The molecule has 30 heavy (non-hydrogen) atoms. The van der Waals surface area contributed by atoms with Gasteiger partial charge in [0, 0.05) is 12.2 Å². The third-order valence-electron chi connectivity index (χ3n) is 6.25. The van der Waals surface area contributed by atoms with Gasteiger partial charge >= 0.3 is 0 Å². The fourth-order valence-electron chi connectivity index (χ4n) is 4.13. The summed E-state index contributed by atoms with van der Waals surface area (Å²) in [5.74, 6) is 1.05. The van der Waals surface area contributed by atoms with Crippen LogP contribution in [0.25, 0.3) is 0 Å². The molecule has 0 aliphatic heterocycles. The minimum Gasteiger partial charge on any atom is -0.287 e. The molecule has 0 atom stereocenters. The maximum Gasteiger partial charge on any atom is 0.188 e. The molecule has 180 valence electrons. The highest BCUT2D eigenvalue weighted by atomic mass is 32.2. The Kier molecular flexibility index (Phi) is 27.1. The summed E-state index contributed by atoms with van der Waals surface area (Å²) in [6, 6.07) is 0. The van der Waals surface area contributed by atoms with Crippen molar-refractivity contribution in [3.8, 4) is 0 Å². The second-order valence-electron chi connectivity index (χ2n) is 9.40. The SMILES string of the molecule is CCCCCCCCCCCCCCSC(=O)CCCCCCCCCCCCC. The van der Waals surface area contributed by atoms with E-state index in [2.05, 4.69) is 13.8 Å². The van der Waals surface area contributed by atoms with E-state index < -0.39 is 0 Å². The number of carbonyl (C=O) groups excluding carboxylic acids is 1. The fraction of sp³-hybridized carbons (Fsp3) is 0.964. The summed E-state index contributed by atoms with van der Waals surface area (Å²) in [7, 11) is 0. The van der Waals surface area contributed by atoms with Gasteiger partial charge in [-0.25, -0.2) is 0 Å². The fourth-order valence-corrected chi connectivity index (χ4v) is 5.00. The Bertz CT molecular complexity index is 329. The van der Waals surface area contributed by atoms with Crippen LogP contribution in [-0.2, 0) is 4.79 Å². The zero-order valence-corrected chi connectivity index (χ0v) is 21.8. The first-order chi connectivity index (χ1) is 14.8. The van der Waals surface area contributed by atoms with Gasteiger partial charge in [-0.05, 0) is 12.8 Å². The van der Waals surface area contributed by atoms with Crippen molar-refractivity contribution in [3.63, 3.8) is 0 Å². The lowest BCUT2D eigenvalue weighted by Crippen LogP contribution is -1.94. The van der Waals surface area contributed by atoms with Gasteiger partial charge in [0.05, 0.1) is 0 Å². The Morgan fingerprint density at radius 3 is 1.10 bits per heavy atom. The first-order valence-corrected chi connectivity index (χ1v) is 15.0. The molecule has 0 aliphatic rings. The number of hydrogen-bond donors (Lipinski definition) is 0. The zero-order chi connectivity index (χ0) is 22.0. The molecule has 0 unspecified atom stereocenters. The Morgan fingerprint density at radius 1 is 0.433 bits per heavy atom. The molecule has 0 aromatic rings. The molecule has 0 amide bonds. The number of thioether (sulfide) groups is 1. The topological polar surface area (TPSA) is 17.1 Å². The van der Waals surface area contributed by atoms with Crippen LogP contribution in [0.2, 0.25) is 0 Å². The molecule has 0 aliphatic carbocycles. The van der Waals surface area contributed by atoms with Crippen LogP contribution < -0.4 is 0 Å². The van der Waals surface area contributed by atoms with Crippen molar-refractivity contribution in [1.82, 2.24) is 0 Å². The Balaban J connectivity index is 3.13. The normalized spacial score (nSPS) is 11.3. The van der Waals surface area contributed by atoms with E-state index in [1.54, 1.807) is 11.8 Å². The molecule has 2 heteroatoms. The van der Waals surface area contributed by atoms with Crippen LogP contribution in [0, 0.1) is 0 Å². The van der Waals surface area contributed by atoms with Crippen molar-refractivity contribution >= 4 is 16.9 Å². The van der Waals surface area contributed by atoms with E-state index in [0.717, 1.165) is 18.6 Å². The largest absolute Gasteiger partial charge is 0.287 e. The van der Waals surface area contributed by atoms with Crippen molar-refractivity contribution in [3.05, 3.63) is 0 Å². The molecule has 0 spiro atoms. The predicted molar refractivity (Wildman–Crippen MR) is 140 cm³/mol. The van der Waals surface area contributed by atoms with Gasteiger partial charge in [0.25, 0.3) is 0 Å². The predicted octanol–water partition coefficient (Wildman–Crippen LogP) is 10.6. The monoisotopic (exact) mass is 440 g/mol. The number of rotatable bonds is 25. The summed E-state index contributed by atoms with van der Waals surface area (Å²) in [4.78, 5) is 12.0. The van der Waals surface area contributed by atoms with Crippen molar-refractivity contribution in [1.29, 1.82) is 0 Å². The van der Waals surface area contributed by atoms with Crippen LogP contribution in [0.1, 0.15) is 168 Å². The zero-order valence-electron chi connectivity index (χ0n) is 21.0. The molecule has 0 heterocycles. The molecule has 0 rings (SSSR count). The molecule has 0 saturated heterocycles. The molecule has 0 fully saturated rings. The van der Waals surface area contributed by atoms with Gasteiger partial charge in [0.15, 0.2) is 5.12 Å². The second kappa shape index (κ2) is 27.1. The van der Waals surface area contributed by atoms with E-state index in [-0.39, 0.29) is 0 Å². The molecule has 1 nitrogen and oxygen atoms in total. The van der Waals surface area contributed by atoms with Crippen molar-refractivity contribution in [2.45, 2.75) is 168 Å². The van der Waals surface area contributed by atoms with Gasteiger partial charge in [-0.1, -0.05) is 160 Å². The average molecular weight is 441 g/mol. The Morgan fingerprint density at radius 2 is 0.733 bits per heavy atom. The van der Waals surface area contributed by atoms with Gasteiger partial charge in [-0.2, -0.15) is 0 Å². The standard InChI is InChI=1S/C28H56OS/c1-3-5-7-9-11-13-15-17-19-21-23-25-27-30-28(29)26-24-22-20-18-16-14-12-10-8-6-4-2/h3-27H2,1-2H3. The van der Waals surface area contributed by atoms with Crippen molar-refractivity contribution in [2.24, 2.45) is 0 Å². The Labute approximate surface area is 195 Å². The average Bonchev–Trinajstić information content (AvgIpc) is 2.75. The van der Waals surface area contributed by atoms with Crippen LogP contribution in [0.15, 0.2) is 0 Å². The molecular weight excluding hydrogens is 384 g/mol. The number of hydrogen-bond acceptors (Lipinski definition) is 2. The van der Waals surface area contributed by atoms with E-state index in [4.69, 9.17) is 0 Å². The van der Waals surface area contributed by atoms with Crippen molar-refractivity contribution in [2.75, 3.05) is 5.75 Å². The molecule has 0 aromatic heterocycles. The summed E-state index contributed by atoms with van der Waals surface area (Å²) in [5, 5.41) is 0.439. The minimum absolute atomic E-state index is 0.439. The van der Waals surface area contributed by atoms with Crippen LogP contribution >= 0.6 is 11.8 Å². The molecule has 0 saturated carbocycles.